The second-order valence-electron chi connectivity index (χ2n) is 5.95. The highest BCUT2D eigenvalue weighted by molar-refractivity contribution is 6.03. The first kappa shape index (κ1) is 18.5. The number of carbonyl (C=O) groups is 2. The molecule has 0 amide bonds. The van der Waals surface area contributed by atoms with Gasteiger partial charge in [-0.3, -0.25) is 4.79 Å². The average molecular weight is 367 g/mol. The van der Waals surface area contributed by atoms with Crippen LogP contribution in [0.1, 0.15) is 29.9 Å². The van der Waals surface area contributed by atoms with Gasteiger partial charge in [0, 0.05) is 18.9 Å². The number of hydrogen-bond donors (Lipinski definition) is 0. The molecule has 27 heavy (non-hydrogen) atoms. The molecule has 3 aromatic rings. The number of carbonyl (C=O) groups excluding carboxylic acids is 2. The van der Waals surface area contributed by atoms with Gasteiger partial charge in [0.25, 0.3) is 0 Å². The summed E-state index contributed by atoms with van der Waals surface area (Å²) in [5.74, 6) is -0.268. The van der Waals surface area contributed by atoms with Gasteiger partial charge in [-0.25, -0.2) is 4.79 Å². The van der Waals surface area contributed by atoms with E-state index in [0.29, 0.717) is 17.7 Å². The minimum atomic E-state index is -0.542. The number of aromatic nitrogens is 1. The summed E-state index contributed by atoms with van der Waals surface area (Å²) in [6.07, 6.45) is 0. The molecular weight excluding hydrogens is 346 g/mol. The van der Waals surface area contributed by atoms with Gasteiger partial charge in [-0.1, -0.05) is 30.3 Å². The highest BCUT2D eigenvalue weighted by Crippen LogP contribution is 2.37. The zero-order valence-electron chi connectivity index (χ0n) is 15.5. The third kappa shape index (κ3) is 3.79. The van der Waals surface area contributed by atoms with Gasteiger partial charge < -0.3 is 18.8 Å². The molecule has 0 fully saturated rings. The maximum atomic E-state index is 12.7. The Balaban J connectivity index is 2.27. The zero-order chi connectivity index (χ0) is 19.4. The predicted molar refractivity (Wildman–Crippen MR) is 101 cm³/mol. The highest BCUT2D eigenvalue weighted by atomic mass is 16.5. The van der Waals surface area contributed by atoms with Gasteiger partial charge in [-0.2, -0.15) is 0 Å². The molecule has 0 unspecified atom stereocenters. The number of ether oxygens (including phenoxy) is 3. The molecule has 0 radical (unpaired) electrons. The minimum Gasteiger partial charge on any atom is -0.497 e. The topological polar surface area (TPSA) is 66.8 Å². The van der Waals surface area contributed by atoms with Crippen LogP contribution in [0.5, 0.6) is 11.5 Å². The predicted octanol–water partition coefficient (Wildman–Crippen LogP) is 3.80. The summed E-state index contributed by atoms with van der Waals surface area (Å²) in [7, 11) is 1.56. The standard InChI is InChI=1S/C21H21NO5/c1-4-26-21(24)19-20(27-14(2)23)17-12-16(25-3)10-11-18(17)22(19)13-15-8-6-5-7-9-15/h5-12H,4,13H2,1-3H3. The maximum absolute atomic E-state index is 12.7. The van der Waals surface area contributed by atoms with Crippen molar-refractivity contribution in [1.29, 1.82) is 0 Å². The Morgan fingerprint density at radius 3 is 2.44 bits per heavy atom. The van der Waals surface area contributed by atoms with Crippen molar-refractivity contribution in [2.45, 2.75) is 20.4 Å². The zero-order valence-corrected chi connectivity index (χ0v) is 15.5. The lowest BCUT2D eigenvalue weighted by Crippen LogP contribution is -2.15. The molecule has 3 rings (SSSR count). The van der Waals surface area contributed by atoms with Crippen LogP contribution in [-0.2, 0) is 16.1 Å². The molecule has 0 atom stereocenters. The quantitative estimate of drug-likeness (QED) is 0.620. The molecule has 0 saturated carbocycles. The summed E-state index contributed by atoms with van der Waals surface area (Å²) in [6.45, 7) is 3.68. The summed E-state index contributed by atoms with van der Waals surface area (Å²) in [6, 6.07) is 15.1. The van der Waals surface area contributed by atoms with Crippen molar-refractivity contribution in [2.24, 2.45) is 0 Å². The number of methoxy groups -OCH3 is 1. The fraction of sp³-hybridized carbons (Fsp3) is 0.238. The van der Waals surface area contributed by atoms with Crippen molar-refractivity contribution in [1.82, 2.24) is 4.57 Å². The molecule has 0 aliphatic carbocycles. The van der Waals surface area contributed by atoms with E-state index in [-0.39, 0.29) is 18.1 Å². The lowest BCUT2D eigenvalue weighted by Gasteiger charge is -2.11. The van der Waals surface area contributed by atoms with Crippen molar-refractivity contribution < 1.29 is 23.8 Å². The van der Waals surface area contributed by atoms with Crippen LogP contribution >= 0.6 is 0 Å². The summed E-state index contributed by atoms with van der Waals surface area (Å²) < 4.78 is 17.8. The summed E-state index contributed by atoms with van der Waals surface area (Å²) in [4.78, 5) is 24.4. The molecule has 1 heterocycles. The molecule has 0 saturated heterocycles. The van der Waals surface area contributed by atoms with Crippen LogP contribution in [0.4, 0.5) is 0 Å². The third-order valence-corrected chi connectivity index (χ3v) is 4.12. The van der Waals surface area contributed by atoms with Crippen LogP contribution in [0, 0.1) is 0 Å². The molecule has 0 aliphatic heterocycles. The first-order valence-electron chi connectivity index (χ1n) is 8.64. The van der Waals surface area contributed by atoms with Crippen LogP contribution in [-0.4, -0.2) is 30.2 Å². The van der Waals surface area contributed by atoms with Crippen LogP contribution in [0.15, 0.2) is 48.5 Å². The molecule has 1 aromatic heterocycles. The van der Waals surface area contributed by atoms with Gasteiger partial charge >= 0.3 is 11.9 Å². The van der Waals surface area contributed by atoms with Gasteiger partial charge in [-0.05, 0) is 30.7 Å². The second-order valence-corrected chi connectivity index (χ2v) is 5.95. The van der Waals surface area contributed by atoms with E-state index in [1.165, 1.54) is 6.92 Å². The lowest BCUT2D eigenvalue weighted by atomic mass is 10.2. The number of benzene rings is 2. The van der Waals surface area contributed by atoms with Gasteiger partial charge in [0.15, 0.2) is 11.4 Å². The molecule has 2 aromatic carbocycles. The summed E-state index contributed by atoms with van der Waals surface area (Å²) in [5.41, 5.74) is 1.96. The van der Waals surface area contributed by atoms with Crippen molar-refractivity contribution in [3.05, 3.63) is 59.8 Å². The largest absolute Gasteiger partial charge is 0.497 e. The number of fused-ring (bicyclic) bond motifs is 1. The minimum absolute atomic E-state index is 0.186. The highest BCUT2D eigenvalue weighted by Gasteiger charge is 2.27. The lowest BCUT2D eigenvalue weighted by molar-refractivity contribution is -0.131. The van der Waals surface area contributed by atoms with E-state index in [9.17, 15) is 9.59 Å². The number of rotatable bonds is 6. The van der Waals surface area contributed by atoms with Gasteiger partial charge in [0.1, 0.15) is 5.75 Å². The number of nitrogens with zero attached hydrogens (tertiary/aromatic N) is 1. The second kappa shape index (κ2) is 7.95. The molecule has 6 heteroatoms. The van der Waals surface area contributed by atoms with Gasteiger partial charge in [0.2, 0.25) is 0 Å². The van der Waals surface area contributed by atoms with E-state index in [1.54, 1.807) is 30.7 Å². The van der Waals surface area contributed by atoms with E-state index in [0.717, 1.165) is 11.1 Å². The van der Waals surface area contributed by atoms with Crippen molar-refractivity contribution >= 4 is 22.8 Å². The molecule has 0 aliphatic rings. The van der Waals surface area contributed by atoms with Crippen molar-refractivity contribution in [2.75, 3.05) is 13.7 Å². The Labute approximate surface area is 157 Å². The fourth-order valence-corrected chi connectivity index (χ4v) is 3.01. The SMILES string of the molecule is CCOC(=O)c1c(OC(C)=O)c2cc(OC)ccc2n1Cc1ccccc1. The van der Waals surface area contributed by atoms with E-state index < -0.39 is 11.9 Å². The molecular formula is C21H21NO5. The van der Waals surface area contributed by atoms with E-state index in [4.69, 9.17) is 14.2 Å². The molecule has 0 N–H and O–H groups in total. The molecule has 0 bridgehead atoms. The number of esters is 2. The fourth-order valence-electron chi connectivity index (χ4n) is 3.01. The Morgan fingerprint density at radius 1 is 1.07 bits per heavy atom. The average Bonchev–Trinajstić information content (AvgIpc) is 2.95. The normalized spacial score (nSPS) is 10.6. The van der Waals surface area contributed by atoms with E-state index in [1.807, 2.05) is 36.4 Å². The van der Waals surface area contributed by atoms with Crippen LogP contribution in [0.25, 0.3) is 10.9 Å². The Kier molecular flexibility index (Phi) is 5.45. The third-order valence-electron chi connectivity index (χ3n) is 4.12. The van der Waals surface area contributed by atoms with E-state index in [2.05, 4.69) is 0 Å². The van der Waals surface area contributed by atoms with Gasteiger partial charge in [-0.15, -0.1) is 0 Å². The first-order chi connectivity index (χ1) is 13.0. The van der Waals surface area contributed by atoms with Crippen LogP contribution < -0.4 is 9.47 Å². The summed E-state index contributed by atoms with van der Waals surface area (Å²) >= 11 is 0. The van der Waals surface area contributed by atoms with Gasteiger partial charge in [0.05, 0.1) is 19.2 Å². The Hall–Kier alpha value is -3.28. The monoisotopic (exact) mass is 367 g/mol. The summed E-state index contributed by atoms with van der Waals surface area (Å²) in [5, 5.41) is 0.614. The smallest absolute Gasteiger partial charge is 0.358 e. The van der Waals surface area contributed by atoms with Crippen molar-refractivity contribution in [3.63, 3.8) is 0 Å². The number of hydrogen-bond acceptors (Lipinski definition) is 5. The Bertz CT molecular complexity index is 975. The van der Waals surface area contributed by atoms with Crippen molar-refractivity contribution in [3.8, 4) is 11.5 Å². The molecule has 0 spiro atoms. The van der Waals surface area contributed by atoms with Crippen LogP contribution in [0.2, 0.25) is 0 Å². The van der Waals surface area contributed by atoms with E-state index >= 15 is 0 Å². The first-order valence-corrected chi connectivity index (χ1v) is 8.64. The Morgan fingerprint density at radius 2 is 1.81 bits per heavy atom. The molecule has 140 valence electrons. The molecule has 6 nitrogen and oxygen atoms in total. The maximum Gasteiger partial charge on any atom is 0.358 e. The van der Waals surface area contributed by atoms with Crippen LogP contribution in [0.3, 0.4) is 0 Å².